The van der Waals surface area contributed by atoms with Crippen LogP contribution < -0.4 is 4.72 Å². The Bertz CT molecular complexity index is 204. The first-order valence-corrected chi connectivity index (χ1v) is 4.35. The molecule has 1 aliphatic rings. The Labute approximate surface area is 68.2 Å². The molecule has 11 heavy (non-hydrogen) atoms. The lowest BCUT2D eigenvalue weighted by Gasteiger charge is -2.20. The van der Waals surface area contributed by atoms with E-state index >= 15 is 0 Å². The topological polar surface area (TPSA) is 53.9 Å². The van der Waals surface area contributed by atoms with Gasteiger partial charge >= 0.3 is 11.3 Å². The third kappa shape index (κ3) is 1.83. The van der Waals surface area contributed by atoms with Crippen LogP contribution in [0.1, 0.15) is 13.8 Å². The molecule has 6 heteroatoms. The minimum Gasteiger partial charge on any atom is -0.340 e. The van der Waals surface area contributed by atoms with Gasteiger partial charge in [-0.25, -0.2) is 4.72 Å². The number of oxime groups is 1. The largest absolute Gasteiger partial charge is 0.340 e. The summed E-state index contributed by atoms with van der Waals surface area (Å²) in [6.45, 7) is 4.01. The first-order valence-electron chi connectivity index (χ1n) is 3.28. The van der Waals surface area contributed by atoms with Crippen molar-refractivity contribution in [3.63, 3.8) is 0 Å². The zero-order valence-electron chi connectivity index (χ0n) is 6.70. The summed E-state index contributed by atoms with van der Waals surface area (Å²) >= 11 is -1.49. The quantitative estimate of drug-likeness (QED) is 0.603. The van der Waals surface area contributed by atoms with Crippen molar-refractivity contribution in [3.8, 4) is 0 Å². The highest BCUT2D eigenvalue weighted by Gasteiger charge is 2.19. The Balaban J connectivity index is 2.55. The van der Waals surface area contributed by atoms with Crippen molar-refractivity contribution in [2.24, 2.45) is 5.16 Å². The van der Waals surface area contributed by atoms with Gasteiger partial charge < -0.3 is 4.90 Å². The smallest absolute Gasteiger partial charge is 0.339 e. The van der Waals surface area contributed by atoms with Crippen LogP contribution in [-0.2, 0) is 15.6 Å². The highest BCUT2D eigenvalue weighted by molar-refractivity contribution is 7.79. The second-order valence-electron chi connectivity index (χ2n) is 2.53. The fraction of sp³-hybridized carbons (Fsp3) is 0.800. The molecule has 0 aliphatic carbocycles. The van der Waals surface area contributed by atoms with E-state index in [0.29, 0.717) is 12.0 Å². The second kappa shape index (κ2) is 3.08. The SMILES string of the molecule is CC(C)N(C)C1=NOS(=O)N1. The lowest BCUT2D eigenvalue weighted by atomic mass is 10.4. The minimum atomic E-state index is -1.49. The summed E-state index contributed by atoms with van der Waals surface area (Å²) < 4.78 is 17.6. The van der Waals surface area contributed by atoms with E-state index in [1.165, 1.54) is 0 Å². The van der Waals surface area contributed by atoms with Gasteiger partial charge in [-0.2, -0.15) is 4.21 Å². The lowest BCUT2D eigenvalue weighted by Crippen LogP contribution is -2.40. The molecule has 0 saturated heterocycles. The number of nitrogens with one attached hydrogen (secondary N) is 1. The van der Waals surface area contributed by atoms with E-state index in [1.807, 2.05) is 25.8 Å². The van der Waals surface area contributed by atoms with Crippen LogP contribution in [0.3, 0.4) is 0 Å². The lowest BCUT2D eigenvalue weighted by molar-refractivity contribution is 0.360. The van der Waals surface area contributed by atoms with Gasteiger partial charge in [0.05, 0.1) is 0 Å². The number of rotatable bonds is 1. The molecule has 64 valence electrons. The Kier molecular flexibility index (Phi) is 2.33. The molecule has 0 fully saturated rings. The average Bonchev–Trinajstić information content (AvgIpc) is 2.34. The molecule has 0 aromatic heterocycles. The van der Waals surface area contributed by atoms with Gasteiger partial charge in [0.25, 0.3) is 5.96 Å². The van der Waals surface area contributed by atoms with Crippen molar-refractivity contribution in [3.05, 3.63) is 0 Å². The monoisotopic (exact) mass is 177 g/mol. The molecule has 0 aromatic carbocycles. The van der Waals surface area contributed by atoms with E-state index in [9.17, 15) is 4.21 Å². The third-order valence-corrected chi connectivity index (χ3v) is 2.03. The second-order valence-corrected chi connectivity index (χ2v) is 3.35. The molecule has 0 radical (unpaired) electrons. The molecule has 5 nitrogen and oxygen atoms in total. The van der Waals surface area contributed by atoms with Crippen molar-refractivity contribution in [2.45, 2.75) is 19.9 Å². The molecule has 0 saturated carbocycles. The van der Waals surface area contributed by atoms with Crippen LogP contribution in [0.2, 0.25) is 0 Å². The molecule has 1 heterocycles. The number of hydrogen-bond donors (Lipinski definition) is 1. The van der Waals surface area contributed by atoms with Gasteiger partial charge in [0.2, 0.25) is 0 Å². The summed E-state index contributed by atoms with van der Waals surface area (Å²) in [6, 6.07) is 0.306. The van der Waals surface area contributed by atoms with Crippen molar-refractivity contribution in [1.29, 1.82) is 0 Å². The van der Waals surface area contributed by atoms with Crippen LogP contribution in [0.4, 0.5) is 0 Å². The molecule has 1 unspecified atom stereocenters. The average molecular weight is 177 g/mol. The zero-order valence-corrected chi connectivity index (χ0v) is 7.51. The molecule has 0 aromatic rings. The summed E-state index contributed by atoms with van der Waals surface area (Å²) in [5, 5.41) is 3.57. The van der Waals surface area contributed by atoms with Crippen LogP contribution >= 0.6 is 0 Å². The van der Waals surface area contributed by atoms with Crippen molar-refractivity contribution in [1.82, 2.24) is 9.62 Å². The summed E-state index contributed by atoms with van der Waals surface area (Å²) in [5.41, 5.74) is 0. The first-order chi connectivity index (χ1) is 5.11. The van der Waals surface area contributed by atoms with Gasteiger partial charge in [-0.05, 0) is 19.0 Å². The molecule has 0 bridgehead atoms. The van der Waals surface area contributed by atoms with E-state index in [2.05, 4.69) is 14.2 Å². The van der Waals surface area contributed by atoms with Crippen LogP contribution in [0, 0.1) is 0 Å². The Morgan fingerprint density at radius 3 is 2.73 bits per heavy atom. The molecule has 1 atom stereocenters. The van der Waals surface area contributed by atoms with E-state index in [4.69, 9.17) is 0 Å². The van der Waals surface area contributed by atoms with Crippen LogP contribution in [-0.4, -0.2) is 28.2 Å². The van der Waals surface area contributed by atoms with E-state index < -0.39 is 11.3 Å². The highest BCUT2D eigenvalue weighted by Crippen LogP contribution is 2.01. The maximum atomic E-state index is 10.6. The van der Waals surface area contributed by atoms with Crippen molar-refractivity contribution >= 4 is 17.2 Å². The van der Waals surface area contributed by atoms with Crippen LogP contribution in [0.5, 0.6) is 0 Å². The Morgan fingerprint density at radius 1 is 1.73 bits per heavy atom. The molecule has 0 spiro atoms. The number of hydrogen-bond acceptors (Lipinski definition) is 4. The fourth-order valence-electron chi connectivity index (χ4n) is 0.562. The summed E-state index contributed by atoms with van der Waals surface area (Å²) in [5.74, 6) is 0.512. The number of nitrogens with zero attached hydrogens (tertiary/aromatic N) is 2. The molecule has 1 aliphatic heterocycles. The maximum absolute atomic E-state index is 10.6. The fourth-order valence-corrected chi connectivity index (χ4v) is 1.07. The molecule has 1 rings (SSSR count). The van der Waals surface area contributed by atoms with Gasteiger partial charge in [0.1, 0.15) is 0 Å². The van der Waals surface area contributed by atoms with Crippen molar-refractivity contribution < 1.29 is 8.49 Å². The normalized spacial score (nSPS) is 22.5. The molecule has 1 N–H and O–H groups in total. The summed E-state index contributed by atoms with van der Waals surface area (Å²) in [4.78, 5) is 1.84. The van der Waals surface area contributed by atoms with Crippen molar-refractivity contribution in [2.75, 3.05) is 7.05 Å². The first kappa shape index (κ1) is 8.32. The minimum absolute atomic E-state index is 0.306. The standard InChI is InChI=1S/C5H11N3O2S/c1-4(2)8(3)5-6-10-11(9)7-5/h4H,1-3H3,(H,6,7). The Hall–Kier alpha value is -0.780. The van der Waals surface area contributed by atoms with E-state index in [1.54, 1.807) is 0 Å². The van der Waals surface area contributed by atoms with Gasteiger partial charge in [-0.1, -0.05) is 0 Å². The predicted octanol–water partition coefficient (Wildman–Crippen LogP) is -0.204. The maximum Gasteiger partial charge on any atom is 0.339 e. The van der Waals surface area contributed by atoms with E-state index in [-0.39, 0.29) is 0 Å². The molecular weight excluding hydrogens is 166 g/mol. The van der Waals surface area contributed by atoms with Gasteiger partial charge in [-0.3, -0.25) is 4.28 Å². The third-order valence-electron chi connectivity index (χ3n) is 1.47. The van der Waals surface area contributed by atoms with Gasteiger partial charge in [0, 0.05) is 13.1 Å². The van der Waals surface area contributed by atoms with Crippen LogP contribution in [0.15, 0.2) is 5.16 Å². The summed E-state index contributed by atoms with van der Waals surface area (Å²) in [6.07, 6.45) is 0. The number of guanidine groups is 1. The van der Waals surface area contributed by atoms with Gasteiger partial charge in [-0.15, -0.1) is 0 Å². The van der Waals surface area contributed by atoms with Gasteiger partial charge in [0.15, 0.2) is 0 Å². The zero-order chi connectivity index (χ0) is 8.43. The predicted molar refractivity (Wildman–Crippen MR) is 42.7 cm³/mol. The van der Waals surface area contributed by atoms with Crippen LogP contribution in [0.25, 0.3) is 0 Å². The Morgan fingerprint density at radius 2 is 2.36 bits per heavy atom. The molecule has 0 amide bonds. The molecular formula is C5H11N3O2S. The van der Waals surface area contributed by atoms with E-state index in [0.717, 1.165) is 0 Å². The highest BCUT2D eigenvalue weighted by atomic mass is 32.2. The summed E-state index contributed by atoms with van der Waals surface area (Å²) in [7, 11) is 1.85.